The summed E-state index contributed by atoms with van der Waals surface area (Å²) < 4.78 is 17.8. The van der Waals surface area contributed by atoms with Crippen molar-refractivity contribution in [2.45, 2.75) is 0 Å². The Labute approximate surface area is 74.3 Å². The lowest BCUT2D eigenvalue weighted by Gasteiger charge is -2.06. The molecule has 0 saturated carbocycles. The molecule has 0 fully saturated rings. The SMILES string of the molecule is COc1cc(C(N)=O)c(F)cc1N. The van der Waals surface area contributed by atoms with Crippen molar-refractivity contribution in [3.8, 4) is 5.75 Å². The van der Waals surface area contributed by atoms with Gasteiger partial charge in [0.05, 0.1) is 18.4 Å². The van der Waals surface area contributed by atoms with Crippen LogP contribution in [0.1, 0.15) is 10.4 Å². The highest BCUT2D eigenvalue weighted by atomic mass is 19.1. The van der Waals surface area contributed by atoms with Gasteiger partial charge in [-0.2, -0.15) is 0 Å². The van der Waals surface area contributed by atoms with E-state index in [2.05, 4.69) is 0 Å². The number of halogens is 1. The number of methoxy groups -OCH3 is 1. The zero-order valence-electron chi connectivity index (χ0n) is 7.00. The van der Waals surface area contributed by atoms with Crippen LogP contribution in [-0.2, 0) is 0 Å². The van der Waals surface area contributed by atoms with Crippen LogP contribution >= 0.6 is 0 Å². The van der Waals surface area contributed by atoms with Crippen LogP contribution in [0.5, 0.6) is 5.75 Å². The van der Waals surface area contributed by atoms with Crippen molar-refractivity contribution in [3.63, 3.8) is 0 Å². The van der Waals surface area contributed by atoms with Gasteiger partial charge in [-0.25, -0.2) is 4.39 Å². The Hall–Kier alpha value is -1.78. The van der Waals surface area contributed by atoms with E-state index >= 15 is 0 Å². The molecule has 1 rings (SSSR count). The minimum atomic E-state index is -0.851. The molecule has 0 radical (unpaired) electrons. The minimum absolute atomic E-state index is 0.130. The van der Waals surface area contributed by atoms with Gasteiger partial charge in [0.2, 0.25) is 0 Å². The summed E-state index contributed by atoms with van der Waals surface area (Å²) in [7, 11) is 1.37. The number of rotatable bonds is 2. The highest BCUT2D eigenvalue weighted by Gasteiger charge is 2.12. The highest BCUT2D eigenvalue weighted by molar-refractivity contribution is 5.94. The maximum atomic E-state index is 13.0. The van der Waals surface area contributed by atoms with Gasteiger partial charge in [0.1, 0.15) is 11.6 Å². The maximum Gasteiger partial charge on any atom is 0.251 e. The Morgan fingerprint density at radius 1 is 1.54 bits per heavy atom. The van der Waals surface area contributed by atoms with Gasteiger partial charge in [-0.1, -0.05) is 0 Å². The maximum absolute atomic E-state index is 13.0. The van der Waals surface area contributed by atoms with Crippen molar-refractivity contribution < 1.29 is 13.9 Å². The van der Waals surface area contributed by atoms with Crippen molar-refractivity contribution >= 4 is 11.6 Å². The summed E-state index contributed by atoms with van der Waals surface area (Å²) in [5, 5.41) is 0. The van der Waals surface area contributed by atoms with E-state index in [1.807, 2.05) is 0 Å². The van der Waals surface area contributed by atoms with E-state index in [-0.39, 0.29) is 17.0 Å². The fraction of sp³-hybridized carbons (Fsp3) is 0.125. The summed E-state index contributed by atoms with van der Waals surface area (Å²) in [5.74, 6) is -1.36. The van der Waals surface area contributed by atoms with Crippen LogP contribution in [0.2, 0.25) is 0 Å². The molecule has 0 aromatic heterocycles. The molecule has 4 nitrogen and oxygen atoms in total. The molecule has 5 heteroatoms. The first-order chi connectivity index (χ1) is 6.06. The third-order valence-electron chi connectivity index (χ3n) is 1.58. The van der Waals surface area contributed by atoms with Crippen LogP contribution in [0.4, 0.5) is 10.1 Å². The Kier molecular flexibility index (Phi) is 2.36. The zero-order valence-corrected chi connectivity index (χ0v) is 7.00. The van der Waals surface area contributed by atoms with Gasteiger partial charge in [-0.3, -0.25) is 4.79 Å². The van der Waals surface area contributed by atoms with Crippen LogP contribution in [0.25, 0.3) is 0 Å². The van der Waals surface area contributed by atoms with Crippen molar-refractivity contribution in [2.75, 3.05) is 12.8 Å². The number of anilines is 1. The standard InChI is InChI=1S/C8H9FN2O2/c1-13-7-2-4(8(11)12)5(9)3-6(7)10/h2-3H,10H2,1H3,(H2,11,12). The average Bonchev–Trinajstić information content (AvgIpc) is 2.03. The van der Waals surface area contributed by atoms with Gasteiger partial charge in [0.25, 0.3) is 5.91 Å². The number of hydrogen-bond acceptors (Lipinski definition) is 3. The number of benzene rings is 1. The number of nitrogen functional groups attached to an aromatic ring is 1. The molecule has 0 spiro atoms. The Bertz CT molecular complexity index is 352. The lowest BCUT2D eigenvalue weighted by molar-refractivity contribution is 0.0996. The molecule has 70 valence electrons. The Morgan fingerprint density at radius 2 is 2.15 bits per heavy atom. The molecule has 0 aliphatic rings. The number of ether oxygens (including phenoxy) is 1. The molecule has 0 unspecified atom stereocenters. The number of hydrogen-bond donors (Lipinski definition) is 2. The molecule has 13 heavy (non-hydrogen) atoms. The van der Waals surface area contributed by atoms with Crippen LogP contribution < -0.4 is 16.2 Å². The molecule has 4 N–H and O–H groups in total. The number of nitrogens with two attached hydrogens (primary N) is 2. The molecular weight excluding hydrogens is 175 g/mol. The van der Waals surface area contributed by atoms with Gasteiger partial charge >= 0.3 is 0 Å². The van der Waals surface area contributed by atoms with Crippen molar-refractivity contribution in [1.29, 1.82) is 0 Å². The molecule has 0 aliphatic heterocycles. The second-order valence-corrected chi connectivity index (χ2v) is 2.44. The topological polar surface area (TPSA) is 78.3 Å². The molecule has 0 atom stereocenters. The third kappa shape index (κ3) is 1.69. The molecule has 0 bridgehead atoms. The van der Waals surface area contributed by atoms with E-state index in [1.54, 1.807) is 0 Å². The van der Waals surface area contributed by atoms with Crippen molar-refractivity contribution in [3.05, 3.63) is 23.5 Å². The Balaban J connectivity index is 3.30. The zero-order chi connectivity index (χ0) is 10.0. The van der Waals surface area contributed by atoms with Crippen LogP contribution in [0.3, 0.4) is 0 Å². The fourth-order valence-corrected chi connectivity index (χ4v) is 0.934. The van der Waals surface area contributed by atoms with E-state index < -0.39 is 11.7 Å². The van der Waals surface area contributed by atoms with Gasteiger partial charge < -0.3 is 16.2 Å². The smallest absolute Gasteiger partial charge is 0.251 e. The minimum Gasteiger partial charge on any atom is -0.495 e. The molecule has 1 aromatic rings. The van der Waals surface area contributed by atoms with Crippen molar-refractivity contribution in [1.82, 2.24) is 0 Å². The summed E-state index contributed by atoms with van der Waals surface area (Å²) in [6.45, 7) is 0. The lowest BCUT2D eigenvalue weighted by atomic mass is 10.1. The second-order valence-electron chi connectivity index (χ2n) is 2.44. The quantitative estimate of drug-likeness (QED) is 0.657. The monoisotopic (exact) mass is 184 g/mol. The van der Waals surface area contributed by atoms with Crippen LogP contribution in [0.15, 0.2) is 12.1 Å². The van der Waals surface area contributed by atoms with E-state index in [9.17, 15) is 9.18 Å². The summed E-state index contributed by atoms with van der Waals surface area (Å²) >= 11 is 0. The number of carbonyl (C=O) groups excluding carboxylic acids is 1. The number of carbonyl (C=O) groups is 1. The van der Waals surface area contributed by atoms with Crippen molar-refractivity contribution in [2.24, 2.45) is 5.73 Å². The molecular formula is C8H9FN2O2. The molecule has 1 aromatic carbocycles. The Morgan fingerprint density at radius 3 is 2.62 bits per heavy atom. The van der Waals surface area contributed by atoms with Gasteiger partial charge in [-0.15, -0.1) is 0 Å². The van der Waals surface area contributed by atoms with Crippen LogP contribution in [-0.4, -0.2) is 13.0 Å². The van der Waals surface area contributed by atoms with E-state index in [1.165, 1.54) is 13.2 Å². The molecule has 0 aliphatic carbocycles. The molecule has 1 amide bonds. The highest BCUT2D eigenvalue weighted by Crippen LogP contribution is 2.24. The summed E-state index contributed by atoms with van der Waals surface area (Å²) in [6.07, 6.45) is 0. The molecule has 0 heterocycles. The normalized spacial score (nSPS) is 9.69. The second kappa shape index (κ2) is 3.30. The van der Waals surface area contributed by atoms with E-state index in [0.717, 1.165) is 6.07 Å². The van der Waals surface area contributed by atoms with E-state index in [0.29, 0.717) is 0 Å². The summed E-state index contributed by atoms with van der Waals surface area (Å²) in [6, 6.07) is 2.17. The van der Waals surface area contributed by atoms with Crippen LogP contribution in [0, 0.1) is 5.82 Å². The molecule has 0 saturated heterocycles. The van der Waals surface area contributed by atoms with Gasteiger partial charge in [-0.05, 0) is 6.07 Å². The predicted octanol–water partition coefficient (Wildman–Crippen LogP) is 0.515. The first kappa shape index (κ1) is 9.31. The number of primary amides is 1. The van der Waals surface area contributed by atoms with Gasteiger partial charge in [0, 0.05) is 6.07 Å². The average molecular weight is 184 g/mol. The fourth-order valence-electron chi connectivity index (χ4n) is 0.934. The largest absolute Gasteiger partial charge is 0.495 e. The predicted molar refractivity (Wildman–Crippen MR) is 45.9 cm³/mol. The summed E-state index contributed by atoms with van der Waals surface area (Å²) in [5.41, 5.74) is 10.2. The number of amides is 1. The summed E-state index contributed by atoms with van der Waals surface area (Å²) in [4.78, 5) is 10.7. The third-order valence-corrected chi connectivity index (χ3v) is 1.58. The lowest BCUT2D eigenvalue weighted by Crippen LogP contribution is -2.13. The van der Waals surface area contributed by atoms with Gasteiger partial charge in [0.15, 0.2) is 0 Å². The first-order valence-electron chi connectivity index (χ1n) is 3.49. The first-order valence-corrected chi connectivity index (χ1v) is 3.49. The van der Waals surface area contributed by atoms with E-state index in [4.69, 9.17) is 16.2 Å².